The summed E-state index contributed by atoms with van der Waals surface area (Å²) in [6.07, 6.45) is 5.74. The van der Waals surface area contributed by atoms with E-state index >= 15 is 0 Å². The predicted octanol–water partition coefficient (Wildman–Crippen LogP) is 2.68. The highest BCUT2D eigenvalue weighted by atomic mass is 16.5. The molecule has 1 aliphatic rings. The van der Waals surface area contributed by atoms with E-state index in [4.69, 9.17) is 4.74 Å². The van der Waals surface area contributed by atoms with Crippen molar-refractivity contribution < 1.29 is 4.74 Å². The lowest BCUT2D eigenvalue weighted by molar-refractivity contribution is 0.123. The van der Waals surface area contributed by atoms with Crippen LogP contribution < -0.4 is 4.74 Å². The highest BCUT2D eigenvalue weighted by molar-refractivity contribution is 5.39. The van der Waals surface area contributed by atoms with Crippen molar-refractivity contribution in [1.82, 2.24) is 4.98 Å². The Labute approximate surface area is 79.3 Å². The maximum Gasteiger partial charge on any atom is 0.194 e. The quantitative estimate of drug-likeness (QED) is 0.704. The molecule has 0 aromatic carbocycles. The van der Waals surface area contributed by atoms with Crippen molar-refractivity contribution >= 4 is 0 Å². The lowest BCUT2D eigenvalue weighted by Crippen LogP contribution is -2.23. The minimum Gasteiger partial charge on any atom is -0.473 e. The van der Waals surface area contributed by atoms with E-state index in [0.717, 1.165) is 5.88 Å². The van der Waals surface area contributed by atoms with Gasteiger partial charge in [-0.05, 0) is 45.6 Å². The Balaban J connectivity index is 2.22. The highest BCUT2D eigenvalue weighted by Crippen LogP contribution is 2.31. The van der Waals surface area contributed by atoms with Crippen LogP contribution >= 0.6 is 0 Å². The number of nitrogens with one attached hydrogen (secondary N) is 1. The normalized spacial score (nSPS) is 15.9. The van der Waals surface area contributed by atoms with Crippen LogP contribution in [-0.4, -0.2) is 10.6 Å². The molecule has 0 spiro atoms. The number of aromatic amines is 1. The van der Waals surface area contributed by atoms with Gasteiger partial charge in [0.1, 0.15) is 5.60 Å². The van der Waals surface area contributed by atoms with Gasteiger partial charge in [-0.15, -0.1) is 0 Å². The van der Waals surface area contributed by atoms with Gasteiger partial charge in [-0.3, -0.25) is 0 Å². The average Bonchev–Trinajstić information content (AvgIpc) is 2.50. The fourth-order valence-corrected chi connectivity index (χ4v) is 1.82. The van der Waals surface area contributed by atoms with Crippen LogP contribution in [0.2, 0.25) is 0 Å². The molecule has 2 nitrogen and oxygen atoms in total. The highest BCUT2D eigenvalue weighted by Gasteiger charge is 2.21. The van der Waals surface area contributed by atoms with Crippen LogP contribution in [0.25, 0.3) is 0 Å². The lowest BCUT2D eigenvalue weighted by Gasteiger charge is -2.20. The summed E-state index contributed by atoms with van der Waals surface area (Å²) >= 11 is 0. The van der Waals surface area contributed by atoms with Crippen molar-refractivity contribution in [3.63, 3.8) is 0 Å². The smallest absolute Gasteiger partial charge is 0.194 e. The molecule has 1 aliphatic carbocycles. The van der Waals surface area contributed by atoms with Gasteiger partial charge in [0.15, 0.2) is 5.88 Å². The van der Waals surface area contributed by atoms with Gasteiger partial charge in [-0.25, -0.2) is 0 Å². The molecule has 1 aromatic heterocycles. The number of fused-ring (bicyclic) bond motifs is 1. The molecule has 2 heteroatoms. The van der Waals surface area contributed by atoms with E-state index in [1.54, 1.807) is 0 Å². The minimum absolute atomic E-state index is 0.0960. The molecule has 0 radical (unpaired) electrons. The Morgan fingerprint density at radius 3 is 2.77 bits per heavy atom. The van der Waals surface area contributed by atoms with Crippen LogP contribution in [0.3, 0.4) is 0 Å². The van der Waals surface area contributed by atoms with Crippen LogP contribution in [0.1, 0.15) is 38.3 Å². The number of rotatable bonds is 1. The second kappa shape index (κ2) is 2.79. The first-order valence-electron chi connectivity index (χ1n) is 4.94. The van der Waals surface area contributed by atoms with Crippen LogP contribution in [0.15, 0.2) is 6.20 Å². The van der Waals surface area contributed by atoms with E-state index in [1.807, 2.05) is 0 Å². The van der Waals surface area contributed by atoms with Gasteiger partial charge >= 0.3 is 0 Å². The van der Waals surface area contributed by atoms with Gasteiger partial charge in [0.2, 0.25) is 0 Å². The molecule has 0 fully saturated rings. The summed E-state index contributed by atoms with van der Waals surface area (Å²) in [6, 6.07) is 0. The molecular weight excluding hydrogens is 162 g/mol. The Kier molecular flexibility index (Phi) is 1.86. The standard InChI is InChI=1S/C11H17NO/c1-11(2,3)13-10-9-6-4-5-8(9)7-12-10/h7,12H,4-6H2,1-3H3. The molecular formula is C11H17NO. The number of hydrogen-bond donors (Lipinski definition) is 1. The third-order valence-electron chi connectivity index (χ3n) is 2.32. The first kappa shape index (κ1) is 8.67. The van der Waals surface area contributed by atoms with Crippen LogP contribution in [0.4, 0.5) is 0 Å². The Morgan fingerprint density at radius 1 is 1.31 bits per heavy atom. The largest absolute Gasteiger partial charge is 0.473 e. The molecule has 1 N–H and O–H groups in total. The second-order valence-electron chi connectivity index (χ2n) is 4.69. The Bertz CT molecular complexity index is 306. The summed E-state index contributed by atoms with van der Waals surface area (Å²) in [4.78, 5) is 3.21. The Morgan fingerprint density at radius 2 is 2.08 bits per heavy atom. The van der Waals surface area contributed by atoms with Gasteiger partial charge in [0.25, 0.3) is 0 Å². The monoisotopic (exact) mass is 179 g/mol. The van der Waals surface area contributed by atoms with Crippen LogP contribution in [0.5, 0.6) is 5.88 Å². The first-order valence-corrected chi connectivity index (χ1v) is 4.94. The van der Waals surface area contributed by atoms with E-state index in [0.29, 0.717) is 0 Å². The summed E-state index contributed by atoms with van der Waals surface area (Å²) in [5.74, 6) is 0.986. The molecule has 1 aromatic rings. The molecule has 72 valence electrons. The average molecular weight is 179 g/mol. The maximum absolute atomic E-state index is 5.83. The van der Waals surface area contributed by atoms with E-state index in [-0.39, 0.29) is 5.60 Å². The number of H-pyrrole nitrogens is 1. The molecule has 0 bridgehead atoms. The van der Waals surface area contributed by atoms with Crippen molar-refractivity contribution in [2.75, 3.05) is 0 Å². The molecule has 0 unspecified atom stereocenters. The van der Waals surface area contributed by atoms with Crippen molar-refractivity contribution in [3.8, 4) is 5.88 Å². The maximum atomic E-state index is 5.83. The fourth-order valence-electron chi connectivity index (χ4n) is 1.82. The molecule has 0 saturated heterocycles. The first-order chi connectivity index (χ1) is 6.06. The molecule has 0 aliphatic heterocycles. The lowest BCUT2D eigenvalue weighted by atomic mass is 10.2. The van der Waals surface area contributed by atoms with Gasteiger partial charge in [0, 0.05) is 11.8 Å². The molecule has 1 heterocycles. The SMILES string of the molecule is CC(C)(C)Oc1[nH]cc2c1CCC2. The third-order valence-corrected chi connectivity index (χ3v) is 2.32. The zero-order valence-electron chi connectivity index (χ0n) is 8.61. The van der Waals surface area contributed by atoms with Gasteiger partial charge in [-0.1, -0.05) is 0 Å². The topological polar surface area (TPSA) is 25.0 Å². The summed E-state index contributed by atoms with van der Waals surface area (Å²) in [6.45, 7) is 6.24. The zero-order chi connectivity index (χ0) is 9.47. The van der Waals surface area contributed by atoms with Gasteiger partial charge in [0.05, 0.1) is 0 Å². The molecule has 0 atom stereocenters. The second-order valence-corrected chi connectivity index (χ2v) is 4.69. The number of aromatic nitrogens is 1. The van der Waals surface area contributed by atoms with Crippen molar-refractivity contribution in [3.05, 3.63) is 17.3 Å². The van der Waals surface area contributed by atoms with Crippen molar-refractivity contribution in [2.45, 2.75) is 45.6 Å². The van der Waals surface area contributed by atoms with Crippen LogP contribution in [0, 0.1) is 0 Å². The molecule has 2 rings (SSSR count). The fraction of sp³-hybridized carbons (Fsp3) is 0.636. The van der Waals surface area contributed by atoms with Gasteiger partial charge < -0.3 is 9.72 Å². The predicted molar refractivity (Wildman–Crippen MR) is 53.2 cm³/mol. The van der Waals surface area contributed by atoms with E-state index < -0.39 is 0 Å². The third kappa shape index (κ3) is 1.71. The Hall–Kier alpha value is -0.920. The molecule has 13 heavy (non-hydrogen) atoms. The van der Waals surface area contributed by atoms with Gasteiger partial charge in [-0.2, -0.15) is 0 Å². The summed E-state index contributed by atoms with van der Waals surface area (Å²) in [5.41, 5.74) is 2.75. The summed E-state index contributed by atoms with van der Waals surface area (Å²) in [5, 5.41) is 0. The van der Waals surface area contributed by atoms with Crippen molar-refractivity contribution in [1.29, 1.82) is 0 Å². The number of aryl methyl sites for hydroxylation is 1. The summed E-state index contributed by atoms with van der Waals surface area (Å²) < 4.78 is 5.83. The van der Waals surface area contributed by atoms with Crippen LogP contribution in [-0.2, 0) is 12.8 Å². The number of ether oxygens (including phenoxy) is 1. The minimum atomic E-state index is -0.0960. The van der Waals surface area contributed by atoms with Crippen molar-refractivity contribution in [2.24, 2.45) is 0 Å². The zero-order valence-corrected chi connectivity index (χ0v) is 8.61. The van der Waals surface area contributed by atoms with E-state index in [9.17, 15) is 0 Å². The van der Waals surface area contributed by atoms with E-state index in [1.165, 1.54) is 30.4 Å². The molecule has 0 amide bonds. The molecule has 0 saturated carbocycles. The summed E-state index contributed by atoms with van der Waals surface area (Å²) in [7, 11) is 0. The number of hydrogen-bond acceptors (Lipinski definition) is 1. The van der Waals surface area contributed by atoms with E-state index in [2.05, 4.69) is 32.0 Å².